The molecule has 0 saturated carbocycles. The van der Waals surface area contributed by atoms with Crippen LogP contribution in [0.25, 0.3) is 11.0 Å². The van der Waals surface area contributed by atoms with Crippen LogP contribution >= 0.6 is 0 Å². The number of nitrogens with zero attached hydrogens (tertiary/aromatic N) is 2. The van der Waals surface area contributed by atoms with Crippen LogP contribution in [-0.2, 0) is 11.3 Å². The van der Waals surface area contributed by atoms with E-state index < -0.39 is 0 Å². The number of fused-ring (bicyclic) bond motifs is 1. The summed E-state index contributed by atoms with van der Waals surface area (Å²) in [5, 5.41) is 3.65. The van der Waals surface area contributed by atoms with Gasteiger partial charge in [-0.25, -0.2) is 4.98 Å². The van der Waals surface area contributed by atoms with Gasteiger partial charge in [0, 0.05) is 30.1 Å². The lowest BCUT2D eigenvalue weighted by molar-refractivity contribution is 0.0604. The molecule has 2 unspecified atom stereocenters. The van der Waals surface area contributed by atoms with Crippen LogP contribution in [0.4, 0.5) is 0 Å². The number of rotatable bonds is 8. The first kappa shape index (κ1) is 22.6. The molecule has 0 aromatic carbocycles. The summed E-state index contributed by atoms with van der Waals surface area (Å²) in [5.74, 6) is 0.177. The first-order valence-corrected chi connectivity index (χ1v) is 10.4. The molecule has 0 aliphatic carbocycles. The molecule has 0 bridgehead atoms. The molecule has 3 heterocycles. The van der Waals surface area contributed by atoms with Crippen molar-refractivity contribution < 1.29 is 14.3 Å². The van der Waals surface area contributed by atoms with Crippen LogP contribution in [-0.4, -0.2) is 40.8 Å². The fourth-order valence-corrected chi connectivity index (χ4v) is 4.21. The van der Waals surface area contributed by atoms with Crippen molar-refractivity contribution >= 4 is 16.9 Å². The van der Waals surface area contributed by atoms with E-state index in [0.717, 1.165) is 23.1 Å². The van der Waals surface area contributed by atoms with Gasteiger partial charge < -0.3 is 24.3 Å². The molecule has 0 aliphatic rings. The normalized spacial score (nSPS) is 13.2. The zero-order valence-corrected chi connectivity index (χ0v) is 18.9. The average Bonchev–Trinajstić information content (AvgIpc) is 3.04. The maximum absolute atomic E-state index is 13.2. The molecular weight excluding hydrogens is 396 g/mol. The van der Waals surface area contributed by atoms with E-state index in [9.17, 15) is 9.59 Å². The predicted octanol–water partition coefficient (Wildman–Crippen LogP) is 3.27. The Morgan fingerprint density at radius 2 is 2.06 bits per heavy atom. The number of amides is 1. The fourth-order valence-electron chi connectivity index (χ4n) is 4.21. The van der Waals surface area contributed by atoms with E-state index in [2.05, 4.69) is 33.7 Å². The summed E-state index contributed by atoms with van der Waals surface area (Å²) < 4.78 is 13.0. The number of carbonyl (C=O) groups excluding carboxylic acids is 1. The minimum atomic E-state index is -0.280. The number of nitrogens with one attached hydrogen (secondary N) is 2. The van der Waals surface area contributed by atoms with Crippen LogP contribution in [0.1, 0.15) is 53.6 Å². The summed E-state index contributed by atoms with van der Waals surface area (Å²) in [5.41, 5.74) is 2.87. The van der Waals surface area contributed by atoms with Crippen LogP contribution in [0.15, 0.2) is 29.2 Å². The lowest BCUT2D eigenvalue weighted by Gasteiger charge is -2.25. The molecule has 0 spiro atoms. The number of aromatic amines is 1. The van der Waals surface area contributed by atoms with Gasteiger partial charge in [0.15, 0.2) is 0 Å². The van der Waals surface area contributed by atoms with Gasteiger partial charge >= 0.3 is 0 Å². The quantitative estimate of drug-likeness (QED) is 0.576. The van der Waals surface area contributed by atoms with Gasteiger partial charge in [-0.05, 0) is 45.4 Å². The third kappa shape index (κ3) is 4.20. The predicted molar refractivity (Wildman–Crippen MR) is 120 cm³/mol. The van der Waals surface area contributed by atoms with Crippen molar-refractivity contribution in [2.45, 2.75) is 52.8 Å². The summed E-state index contributed by atoms with van der Waals surface area (Å²) in [6.45, 7) is 7.88. The molecule has 8 heteroatoms. The molecule has 0 radical (unpaired) electrons. The zero-order valence-electron chi connectivity index (χ0n) is 18.9. The van der Waals surface area contributed by atoms with Gasteiger partial charge in [0.05, 0.1) is 36.9 Å². The summed E-state index contributed by atoms with van der Waals surface area (Å²) in [6, 6.07) is 5.44. The molecule has 31 heavy (non-hydrogen) atoms. The van der Waals surface area contributed by atoms with Crippen LogP contribution < -0.4 is 15.6 Å². The zero-order chi connectivity index (χ0) is 22.7. The van der Waals surface area contributed by atoms with Gasteiger partial charge in [-0.1, -0.05) is 6.92 Å². The van der Waals surface area contributed by atoms with Gasteiger partial charge in [0.2, 0.25) is 0 Å². The number of methoxy groups -OCH3 is 2. The van der Waals surface area contributed by atoms with E-state index in [1.54, 1.807) is 26.3 Å². The van der Waals surface area contributed by atoms with Gasteiger partial charge in [0.25, 0.3) is 11.5 Å². The van der Waals surface area contributed by atoms with Crippen molar-refractivity contribution in [3.8, 4) is 5.75 Å². The van der Waals surface area contributed by atoms with Gasteiger partial charge in [-0.15, -0.1) is 0 Å². The van der Waals surface area contributed by atoms with Gasteiger partial charge in [-0.2, -0.15) is 0 Å². The Kier molecular flexibility index (Phi) is 6.80. The Hall–Kier alpha value is -3.13. The number of carbonyl (C=O) groups is 1. The van der Waals surface area contributed by atoms with E-state index in [-0.39, 0.29) is 30.2 Å². The third-order valence-electron chi connectivity index (χ3n) is 5.76. The van der Waals surface area contributed by atoms with Crippen LogP contribution in [0.2, 0.25) is 0 Å². The second kappa shape index (κ2) is 9.34. The summed E-state index contributed by atoms with van der Waals surface area (Å²) in [7, 11) is 3.20. The first-order chi connectivity index (χ1) is 14.8. The number of ether oxygens (including phenoxy) is 2. The number of aromatic nitrogens is 3. The Bertz CT molecular complexity index is 1140. The highest BCUT2D eigenvalue weighted by Crippen LogP contribution is 2.30. The Morgan fingerprint density at radius 3 is 2.71 bits per heavy atom. The van der Waals surface area contributed by atoms with Crippen molar-refractivity contribution in [3.05, 3.63) is 57.3 Å². The topological polar surface area (TPSA) is 98.2 Å². The smallest absolute Gasteiger partial charge is 0.256 e. The van der Waals surface area contributed by atoms with E-state index >= 15 is 0 Å². The minimum Gasteiger partial charge on any atom is -0.496 e. The van der Waals surface area contributed by atoms with E-state index in [0.29, 0.717) is 22.6 Å². The largest absolute Gasteiger partial charge is 0.496 e. The van der Waals surface area contributed by atoms with Gasteiger partial charge in [-0.3, -0.25) is 9.59 Å². The van der Waals surface area contributed by atoms with Crippen LogP contribution in [0.5, 0.6) is 5.75 Å². The van der Waals surface area contributed by atoms with Crippen molar-refractivity contribution in [2.75, 3.05) is 14.2 Å². The molecule has 3 aromatic rings. The first-order valence-electron chi connectivity index (χ1n) is 10.4. The lowest BCUT2D eigenvalue weighted by atomic mass is 10.1. The molecule has 1 amide bonds. The number of hydrogen-bond acceptors (Lipinski definition) is 5. The molecule has 0 saturated heterocycles. The highest BCUT2D eigenvalue weighted by molar-refractivity contribution is 6.07. The Balaban J connectivity index is 1.99. The Labute approximate surface area is 181 Å². The number of pyridine rings is 2. The molecular formula is C23H30N4O4. The number of hydrogen-bond donors (Lipinski definition) is 2. The highest BCUT2D eigenvalue weighted by Gasteiger charge is 2.26. The van der Waals surface area contributed by atoms with E-state index in [1.165, 1.54) is 7.11 Å². The maximum atomic E-state index is 13.2. The highest BCUT2D eigenvalue weighted by atomic mass is 16.5. The molecule has 2 N–H and O–H groups in total. The van der Waals surface area contributed by atoms with E-state index in [4.69, 9.17) is 9.47 Å². The van der Waals surface area contributed by atoms with Crippen molar-refractivity contribution in [1.29, 1.82) is 0 Å². The fraction of sp³-hybridized carbons (Fsp3) is 0.435. The van der Waals surface area contributed by atoms with Crippen molar-refractivity contribution in [2.24, 2.45) is 0 Å². The average molecular weight is 427 g/mol. The third-order valence-corrected chi connectivity index (χ3v) is 5.76. The number of aryl methyl sites for hydroxylation is 1. The monoisotopic (exact) mass is 426 g/mol. The molecule has 8 nitrogen and oxygen atoms in total. The second-order valence-corrected chi connectivity index (χ2v) is 7.64. The lowest BCUT2D eigenvalue weighted by Crippen LogP contribution is -2.28. The number of H-pyrrole nitrogens is 1. The van der Waals surface area contributed by atoms with Crippen molar-refractivity contribution in [3.63, 3.8) is 0 Å². The minimum absolute atomic E-state index is 0.00557. The maximum Gasteiger partial charge on any atom is 0.256 e. The molecule has 0 fully saturated rings. The second-order valence-electron chi connectivity index (χ2n) is 7.64. The van der Waals surface area contributed by atoms with E-state index in [1.807, 2.05) is 19.1 Å². The summed E-state index contributed by atoms with van der Waals surface area (Å²) in [6.07, 6.45) is 2.54. The molecule has 3 aromatic heterocycles. The molecule has 2 atom stereocenters. The SMILES string of the molecule is CCC(OC)C(C)n1c(C)c(C(=O)NCc2c(OC)cc(C)[nH]c2=O)c2cccnc21. The summed E-state index contributed by atoms with van der Waals surface area (Å²) >= 11 is 0. The molecule has 166 valence electrons. The molecule has 3 rings (SSSR count). The summed E-state index contributed by atoms with van der Waals surface area (Å²) in [4.78, 5) is 32.9. The van der Waals surface area contributed by atoms with Gasteiger partial charge in [0.1, 0.15) is 11.4 Å². The van der Waals surface area contributed by atoms with Crippen LogP contribution in [0, 0.1) is 13.8 Å². The standard InChI is InChI=1S/C23H30N4O4/c1-7-18(30-5)14(3)27-15(4)20(16-9-8-10-24-21(16)27)23(29)25-12-17-19(31-6)11-13(2)26-22(17)28/h8-11,14,18H,7,12H2,1-6H3,(H,25,29)(H,26,28). The van der Waals surface area contributed by atoms with Crippen molar-refractivity contribution in [1.82, 2.24) is 19.9 Å². The molecule has 0 aliphatic heterocycles. The van der Waals surface area contributed by atoms with Crippen LogP contribution in [0.3, 0.4) is 0 Å². The Morgan fingerprint density at radius 1 is 1.32 bits per heavy atom.